The van der Waals surface area contributed by atoms with Gasteiger partial charge in [-0.15, -0.1) is 10.2 Å². The largest absolute Gasteiger partial charge is 0.309 e. The van der Waals surface area contributed by atoms with Gasteiger partial charge in [0.2, 0.25) is 0 Å². The molecule has 7 nitrogen and oxygen atoms in total. The van der Waals surface area contributed by atoms with Gasteiger partial charge in [0.05, 0.1) is 18.8 Å². The van der Waals surface area contributed by atoms with E-state index < -0.39 is 0 Å². The maximum absolute atomic E-state index is 4.41. The van der Waals surface area contributed by atoms with E-state index in [0.29, 0.717) is 6.42 Å². The number of fused-ring (bicyclic) bond motifs is 1. The van der Waals surface area contributed by atoms with Crippen molar-refractivity contribution in [1.29, 1.82) is 0 Å². The fraction of sp³-hybridized carbons (Fsp3) is 0.429. The summed E-state index contributed by atoms with van der Waals surface area (Å²) >= 11 is 0. The normalized spacial score (nSPS) is 12.9. The van der Waals surface area contributed by atoms with Crippen molar-refractivity contribution in [2.45, 2.75) is 25.8 Å². The number of aromatic nitrogens is 6. The lowest BCUT2D eigenvalue weighted by Gasteiger charge is -2.16. The molecule has 0 bridgehead atoms. The van der Waals surface area contributed by atoms with Gasteiger partial charge in [-0.3, -0.25) is 0 Å². The van der Waals surface area contributed by atoms with Crippen molar-refractivity contribution in [3.63, 3.8) is 0 Å². The molecule has 0 aliphatic rings. The summed E-state index contributed by atoms with van der Waals surface area (Å²) in [7, 11) is 1.78. The zero-order chi connectivity index (χ0) is 14.7. The fourth-order valence-electron chi connectivity index (χ4n) is 2.42. The van der Waals surface area contributed by atoms with Gasteiger partial charge in [0.15, 0.2) is 5.82 Å². The lowest BCUT2D eigenvalue weighted by molar-refractivity contribution is 0.519. The highest BCUT2D eigenvalue weighted by molar-refractivity contribution is 5.55. The average Bonchev–Trinajstić information content (AvgIpc) is 3.09. The quantitative estimate of drug-likeness (QED) is 0.735. The van der Waals surface area contributed by atoms with E-state index in [1.54, 1.807) is 7.05 Å². The minimum absolute atomic E-state index is 0.133. The van der Waals surface area contributed by atoms with Gasteiger partial charge < -0.3 is 5.32 Å². The number of nitrogens with one attached hydrogen (secondary N) is 1. The van der Waals surface area contributed by atoms with Crippen LogP contribution >= 0.6 is 0 Å². The van der Waals surface area contributed by atoms with Gasteiger partial charge in [-0.25, -0.2) is 4.52 Å². The van der Waals surface area contributed by atoms with Crippen molar-refractivity contribution in [2.75, 3.05) is 6.54 Å². The van der Waals surface area contributed by atoms with E-state index in [2.05, 4.69) is 38.8 Å². The van der Waals surface area contributed by atoms with Crippen LogP contribution in [0.4, 0.5) is 0 Å². The summed E-state index contributed by atoms with van der Waals surface area (Å²) in [4.78, 5) is 1.49. The minimum Gasteiger partial charge on any atom is -0.309 e. The first-order chi connectivity index (χ1) is 10.3. The van der Waals surface area contributed by atoms with Crippen LogP contribution in [0.5, 0.6) is 0 Å². The molecule has 0 saturated heterocycles. The first-order valence-electron chi connectivity index (χ1n) is 7.16. The van der Waals surface area contributed by atoms with Crippen molar-refractivity contribution in [2.24, 2.45) is 7.05 Å². The number of rotatable bonds is 6. The molecule has 0 saturated carbocycles. The van der Waals surface area contributed by atoms with Crippen LogP contribution in [0.25, 0.3) is 5.52 Å². The number of nitrogens with zero attached hydrogens (tertiary/aromatic N) is 6. The Labute approximate surface area is 123 Å². The zero-order valence-electron chi connectivity index (χ0n) is 12.3. The molecular weight excluding hydrogens is 266 g/mol. The molecule has 3 rings (SSSR count). The van der Waals surface area contributed by atoms with E-state index in [1.807, 2.05) is 29.0 Å². The van der Waals surface area contributed by atoms with Crippen LogP contribution in [0.3, 0.4) is 0 Å². The van der Waals surface area contributed by atoms with Gasteiger partial charge in [0.25, 0.3) is 0 Å². The average molecular weight is 285 g/mol. The van der Waals surface area contributed by atoms with Crippen LogP contribution in [0.15, 0.2) is 30.6 Å². The number of tetrazole rings is 1. The zero-order valence-corrected chi connectivity index (χ0v) is 12.3. The molecule has 1 atom stereocenters. The molecular formula is C14H19N7. The smallest absolute Gasteiger partial charge is 0.176 e. The second-order valence-corrected chi connectivity index (χ2v) is 5.04. The van der Waals surface area contributed by atoms with Gasteiger partial charge in [-0.1, -0.05) is 13.0 Å². The van der Waals surface area contributed by atoms with E-state index in [9.17, 15) is 0 Å². The highest BCUT2D eigenvalue weighted by Gasteiger charge is 2.18. The Morgan fingerprint density at radius 2 is 2.24 bits per heavy atom. The summed E-state index contributed by atoms with van der Waals surface area (Å²) in [6, 6.07) is 6.21. The molecule has 7 heteroatoms. The maximum atomic E-state index is 4.41. The monoisotopic (exact) mass is 285 g/mol. The third-order valence-corrected chi connectivity index (χ3v) is 3.41. The van der Waals surface area contributed by atoms with E-state index in [-0.39, 0.29) is 6.04 Å². The van der Waals surface area contributed by atoms with E-state index in [4.69, 9.17) is 0 Å². The second kappa shape index (κ2) is 6.01. The van der Waals surface area contributed by atoms with Crippen LogP contribution in [0.2, 0.25) is 0 Å². The van der Waals surface area contributed by atoms with Crippen LogP contribution < -0.4 is 5.32 Å². The van der Waals surface area contributed by atoms with Crippen molar-refractivity contribution in [3.8, 4) is 0 Å². The van der Waals surface area contributed by atoms with Gasteiger partial charge >= 0.3 is 0 Å². The predicted molar refractivity (Wildman–Crippen MR) is 78.7 cm³/mol. The summed E-state index contributed by atoms with van der Waals surface area (Å²) in [6.07, 6.45) is 5.64. The van der Waals surface area contributed by atoms with Gasteiger partial charge in [0, 0.05) is 24.2 Å². The van der Waals surface area contributed by atoms with Crippen LogP contribution in [0, 0.1) is 0 Å². The number of aryl methyl sites for hydroxylation is 1. The summed E-state index contributed by atoms with van der Waals surface area (Å²) in [5.74, 6) is 0.737. The van der Waals surface area contributed by atoms with E-state index in [1.165, 1.54) is 4.80 Å². The SMILES string of the molecule is CCCNC(Cc1nnn(C)n1)c1cnn2ccccc12. The number of pyridine rings is 1. The Bertz CT molecular complexity index is 715. The Morgan fingerprint density at radius 1 is 1.33 bits per heavy atom. The summed E-state index contributed by atoms with van der Waals surface area (Å²) < 4.78 is 1.89. The Hall–Kier alpha value is -2.28. The van der Waals surface area contributed by atoms with Crippen molar-refractivity contribution >= 4 is 5.52 Å². The maximum Gasteiger partial charge on any atom is 0.176 e. The highest BCUT2D eigenvalue weighted by atomic mass is 15.6. The molecule has 3 aromatic heterocycles. The molecule has 0 aliphatic heterocycles. The number of hydrogen-bond acceptors (Lipinski definition) is 5. The van der Waals surface area contributed by atoms with Crippen molar-refractivity contribution < 1.29 is 0 Å². The third kappa shape index (κ3) is 2.92. The summed E-state index contributed by atoms with van der Waals surface area (Å²) in [5, 5.41) is 20.2. The van der Waals surface area contributed by atoms with Gasteiger partial charge in [0.1, 0.15) is 0 Å². The predicted octanol–water partition coefficient (Wildman–Crippen LogP) is 1.14. The van der Waals surface area contributed by atoms with Crippen molar-refractivity contribution in [1.82, 2.24) is 35.1 Å². The van der Waals surface area contributed by atoms with Crippen LogP contribution in [-0.2, 0) is 13.5 Å². The highest BCUT2D eigenvalue weighted by Crippen LogP contribution is 2.21. The molecule has 0 aliphatic carbocycles. The molecule has 1 unspecified atom stereocenters. The molecule has 1 N–H and O–H groups in total. The topological polar surface area (TPSA) is 72.9 Å². The van der Waals surface area contributed by atoms with E-state index in [0.717, 1.165) is 29.9 Å². The molecule has 0 aromatic carbocycles. The van der Waals surface area contributed by atoms with Crippen LogP contribution in [0.1, 0.15) is 30.8 Å². The molecule has 3 aromatic rings. The first kappa shape index (κ1) is 13.7. The summed E-state index contributed by atoms with van der Waals surface area (Å²) in [6.45, 7) is 3.09. The van der Waals surface area contributed by atoms with Crippen LogP contribution in [-0.4, -0.2) is 36.4 Å². The Morgan fingerprint density at radius 3 is 3.00 bits per heavy atom. The molecule has 0 amide bonds. The van der Waals surface area contributed by atoms with Crippen molar-refractivity contribution in [3.05, 3.63) is 42.0 Å². The molecule has 110 valence electrons. The second-order valence-electron chi connectivity index (χ2n) is 5.04. The lowest BCUT2D eigenvalue weighted by Crippen LogP contribution is -2.24. The van der Waals surface area contributed by atoms with Gasteiger partial charge in [-0.05, 0) is 30.3 Å². The Balaban J connectivity index is 1.91. The molecule has 3 heterocycles. The fourth-order valence-corrected chi connectivity index (χ4v) is 2.42. The van der Waals surface area contributed by atoms with Gasteiger partial charge in [-0.2, -0.15) is 9.90 Å². The lowest BCUT2D eigenvalue weighted by atomic mass is 10.0. The standard InChI is InChI=1S/C14H19N7/c1-3-7-15-12(9-14-17-19-20(2)18-14)11-10-16-21-8-5-4-6-13(11)21/h4-6,8,10,12,15H,3,7,9H2,1-2H3. The molecule has 0 spiro atoms. The third-order valence-electron chi connectivity index (χ3n) is 3.41. The van der Waals surface area contributed by atoms with E-state index >= 15 is 0 Å². The minimum atomic E-state index is 0.133. The molecule has 0 fully saturated rings. The number of hydrogen-bond donors (Lipinski definition) is 1. The molecule has 0 radical (unpaired) electrons. The Kier molecular flexibility index (Phi) is 3.92. The molecule has 21 heavy (non-hydrogen) atoms. The first-order valence-corrected chi connectivity index (χ1v) is 7.16. The summed E-state index contributed by atoms with van der Waals surface area (Å²) in [5.41, 5.74) is 2.27.